The number of rotatable bonds is 1. The van der Waals surface area contributed by atoms with Crippen molar-refractivity contribution < 1.29 is 4.74 Å². The van der Waals surface area contributed by atoms with E-state index in [1.807, 2.05) is 20.8 Å². The average Bonchev–Trinajstić information content (AvgIpc) is 1.94. The van der Waals surface area contributed by atoms with E-state index in [-0.39, 0.29) is 5.60 Å². The van der Waals surface area contributed by atoms with Gasteiger partial charge in [0.2, 0.25) is 5.88 Å². The molecule has 13 heavy (non-hydrogen) atoms. The number of nitrogens with zero attached hydrogens (tertiary/aromatic N) is 1. The van der Waals surface area contributed by atoms with E-state index in [9.17, 15) is 0 Å². The number of hydrogen-bond acceptors (Lipinski definition) is 2. The zero-order valence-corrected chi connectivity index (χ0v) is 10.1. The quantitative estimate of drug-likeness (QED) is 0.772. The van der Waals surface area contributed by atoms with E-state index >= 15 is 0 Å². The zero-order chi connectivity index (χ0) is 10.1. The maximum absolute atomic E-state index is 5.88. The summed E-state index contributed by atoms with van der Waals surface area (Å²) in [5.74, 6) is 0.542. The standard InChI is InChI=1S/C9H11BrClNO/c1-9(2,3)13-8-4-7(11)6(10)5-12-8/h4-5H,1-3H3. The maximum atomic E-state index is 5.88. The van der Waals surface area contributed by atoms with Crippen molar-refractivity contribution in [2.75, 3.05) is 0 Å². The fourth-order valence-electron chi connectivity index (χ4n) is 0.766. The van der Waals surface area contributed by atoms with Gasteiger partial charge in [0.1, 0.15) is 5.60 Å². The monoisotopic (exact) mass is 263 g/mol. The van der Waals surface area contributed by atoms with Crippen LogP contribution in [0.5, 0.6) is 5.88 Å². The van der Waals surface area contributed by atoms with Crippen LogP contribution in [0, 0.1) is 0 Å². The molecule has 0 atom stereocenters. The lowest BCUT2D eigenvalue weighted by atomic mass is 10.2. The third-order valence-electron chi connectivity index (χ3n) is 1.19. The minimum Gasteiger partial charge on any atom is -0.472 e. The summed E-state index contributed by atoms with van der Waals surface area (Å²) >= 11 is 9.13. The molecule has 1 heterocycles. The Balaban J connectivity index is 2.86. The maximum Gasteiger partial charge on any atom is 0.215 e. The van der Waals surface area contributed by atoms with Gasteiger partial charge in [0.05, 0.1) is 9.50 Å². The Labute approximate surface area is 91.4 Å². The molecule has 2 nitrogen and oxygen atoms in total. The molecule has 72 valence electrons. The molecule has 4 heteroatoms. The lowest BCUT2D eigenvalue weighted by Crippen LogP contribution is -2.23. The first-order valence-electron chi connectivity index (χ1n) is 3.88. The first kappa shape index (κ1) is 10.8. The van der Waals surface area contributed by atoms with Crippen LogP contribution < -0.4 is 4.74 Å². The van der Waals surface area contributed by atoms with Crippen LogP contribution in [0.3, 0.4) is 0 Å². The first-order chi connectivity index (χ1) is 5.88. The summed E-state index contributed by atoms with van der Waals surface area (Å²) in [6.07, 6.45) is 1.63. The topological polar surface area (TPSA) is 22.1 Å². The van der Waals surface area contributed by atoms with Gasteiger partial charge in [-0.25, -0.2) is 4.98 Å². The fourth-order valence-corrected chi connectivity index (χ4v) is 1.13. The Morgan fingerprint density at radius 3 is 2.54 bits per heavy atom. The molecule has 0 aliphatic heterocycles. The molecule has 0 fully saturated rings. The molecule has 0 radical (unpaired) electrons. The number of pyridine rings is 1. The highest BCUT2D eigenvalue weighted by molar-refractivity contribution is 9.10. The summed E-state index contributed by atoms with van der Waals surface area (Å²) in [6.45, 7) is 5.89. The summed E-state index contributed by atoms with van der Waals surface area (Å²) in [4.78, 5) is 4.07. The third-order valence-corrected chi connectivity index (χ3v) is 2.37. The van der Waals surface area contributed by atoms with Gasteiger partial charge in [-0.1, -0.05) is 11.6 Å². The van der Waals surface area contributed by atoms with Gasteiger partial charge in [-0.15, -0.1) is 0 Å². The highest BCUT2D eigenvalue weighted by Crippen LogP contribution is 2.26. The van der Waals surface area contributed by atoms with Crippen LogP contribution in [0.25, 0.3) is 0 Å². The van der Waals surface area contributed by atoms with Gasteiger partial charge in [-0.05, 0) is 36.7 Å². The molecule has 0 unspecified atom stereocenters. The smallest absolute Gasteiger partial charge is 0.215 e. The number of hydrogen-bond donors (Lipinski definition) is 0. The van der Waals surface area contributed by atoms with Gasteiger partial charge in [0.15, 0.2) is 0 Å². The van der Waals surface area contributed by atoms with E-state index in [0.717, 1.165) is 4.47 Å². The van der Waals surface area contributed by atoms with Crippen LogP contribution >= 0.6 is 27.5 Å². The third kappa shape index (κ3) is 3.53. The first-order valence-corrected chi connectivity index (χ1v) is 5.06. The molecule has 1 aromatic heterocycles. The normalized spacial score (nSPS) is 11.5. The number of ether oxygens (including phenoxy) is 1. The van der Waals surface area contributed by atoms with Crippen LogP contribution in [0.4, 0.5) is 0 Å². The number of halogens is 2. The van der Waals surface area contributed by atoms with Crippen molar-refractivity contribution in [2.24, 2.45) is 0 Å². The molecule has 0 saturated heterocycles. The van der Waals surface area contributed by atoms with Gasteiger partial charge in [0.25, 0.3) is 0 Å². The lowest BCUT2D eigenvalue weighted by Gasteiger charge is -2.20. The van der Waals surface area contributed by atoms with Crippen molar-refractivity contribution in [3.63, 3.8) is 0 Å². The van der Waals surface area contributed by atoms with Crippen LogP contribution in [-0.4, -0.2) is 10.6 Å². The Bertz CT molecular complexity index is 309. The summed E-state index contributed by atoms with van der Waals surface area (Å²) in [6, 6.07) is 1.69. The predicted octanol–water partition coefficient (Wildman–Crippen LogP) is 3.67. The SMILES string of the molecule is CC(C)(C)Oc1cc(Cl)c(Br)cn1. The molecule has 1 aromatic rings. The second kappa shape index (κ2) is 3.84. The molecule has 0 bridgehead atoms. The minimum atomic E-state index is -0.246. The van der Waals surface area contributed by atoms with Gasteiger partial charge >= 0.3 is 0 Å². The van der Waals surface area contributed by atoms with Gasteiger partial charge < -0.3 is 4.74 Å². The Hall–Kier alpha value is -0.280. The summed E-state index contributed by atoms with van der Waals surface area (Å²) in [7, 11) is 0. The van der Waals surface area contributed by atoms with E-state index in [1.54, 1.807) is 12.3 Å². The number of aromatic nitrogens is 1. The fraction of sp³-hybridized carbons (Fsp3) is 0.444. The molecule has 0 spiro atoms. The van der Waals surface area contributed by atoms with Crippen LogP contribution in [0.15, 0.2) is 16.7 Å². The molecule has 0 aromatic carbocycles. The minimum absolute atomic E-state index is 0.246. The van der Waals surface area contributed by atoms with Gasteiger partial charge in [-0.2, -0.15) is 0 Å². The highest BCUT2D eigenvalue weighted by atomic mass is 79.9. The van der Waals surface area contributed by atoms with Crippen molar-refractivity contribution >= 4 is 27.5 Å². The predicted molar refractivity (Wildman–Crippen MR) is 57.3 cm³/mol. The molecule has 0 aliphatic rings. The Morgan fingerprint density at radius 2 is 2.08 bits per heavy atom. The highest BCUT2D eigenvalue weighted by Gasteiger charge is 2.13. The molecule has 0 N–H and O–H groups in total. The van der Waals surface area contributed by atoms with E-state index < -0.39 is 0 Å². The molecule has 0 aliphatic carbocycles. The second-order valence-electron chi connectivity index (χ2n) is 3.65. The van der Waals surface area contributed by atoms with Gasteiger partial charge in [0, 0.05) is 12.3 Å². The van der Waals surface area contributed by atoms with Gasteiger partial charge in [-0.3, -0.25) is 0 Å². The second-order valence-corrected chi connectivity index (χ2v) is 4.91. The summed E-state index contributed by atoms with van der Waals surface area (Å²) in [5.41, 5.74) is -0.246. The zero-order valence-electron chi connectivity index (χ0n) is 7.77. The Morgan fingerprint density at radius 1 is 1.46 bits per heavy atom. The largest absolute Gasteiger partial charge is 0.472 e. The van der Waals surface area contributed by atoms with E-state index in [4.69, 9.17) is 16.3 Å². The van der Waals surface area contributed by atoms with E-state index in [1.165, 1.54) is 0 Å². The van der Waals surface area contributed by atoms with Crippen molar-refractivity contribution in [1.29, 1.82) is 0 Å². The van der Waals surface area contributed by atoms with Crippen molar-refractivity contribution in [1.82, 2.24) is 4.98 Å². The molecule has 1 rings (SSSR count). The van der Waals surface area contributed by atoms with Crippen molar-refractivity contribution in [2.45, 2.75) is 26.4 Å². The molecule has 0 saturated carbocycles. The summed E-state index contributed by atoms with van der Waals surface area (Å²) in [5, 5.41) is 0.606. The van der Waals surface area contributed by atoms with E-state index in [2.05, 4.69) is 20.9 Å². The lowest BCUT2D eigenvalue weighted by molar-refractivity contribution is 0.124. The Kier molecular flexibility index (Phi) is 3.19. The average molecular weight is 265 g/mol. The van der Waals surface area contributed by atoms with Crippen molar-refractivity contribution in [3.8, 4) is 5.88 Å². The van der Waals surface area contributed by atoms with Crippen LogP contribution in [-0.2, 0) is 0 Å². The molecular weight excluding hydrogens is 253 g/mol. The summed E-state index contributed by atoms with van der Waals surface area (Å²) < 4.78 is 6.29. The van der Waals surface area contributed by atoms with E-state index in [0.29, 0.717) is 10.9 Å². The molecular formula is C9H11BrClNO. The van der Waals surface area contributed by atoms with Crippen LogP contribution in [0.2, 0.25) is 5.02 Å². The van der Waals surface area contributed by atoms with Crippen LogP contribution in [0.1, 0.15) is 20.8 Å². The molecule has 0 amide bonds. The van der Waals surface area contributed by atoms with Crippen molar-refractivity contribution in [3.05, 3.63) is 21.8 Å².